The van der Waals surface area contributed by atoms with Crippen molar-refractivity contribution >= 4 is 11.4 Å². The molecule has 0 aromatic heterocycles. The molecule has 2 saturated heterocycles. The van der Waals surface area contributed by atoms with Gasteiger partial charge in [-0.25, -0.2) is 41.8 Å². The minimum atomic E-state index is -1.51. The van der Waals surface area contributed by atoms with Crippen LogP contribution < -0.4 is 9.80 Å². The summed E-state index contributed by atoms with van der Waals surface area (Å²) in [6, 6.07) is 22.7. The molecule has 2 aliphatic heterocycles. The summed E-state index contributed by atoms with van der Waals surface area (Å²) in [7, 11) is 0. The third-order valence-corrected chi connectivity index (χ3v) is 5.81. The van der Waals surface area contributed by atoms with Crippen molar-refractivity contribution in [3.8, 4) is 0 Å². The summed E-state index contributed by atoms with van der Waals surface area (Å²) in [5.74, 6) is -11.7. The van der Waals surface area contributed by atoms with Gasteiger partial charge in [-0.2, -0.15) is 36.4 Å². The monoisotopic (exact) mass is 646 g/mol. The van der Waals surface area contributed by atoms with Crippen molar-refractivity contribution in [1.29, 1.82) is 0 Å². The molecule has 0 radical (unpaired) electrons. The van der Waals surface area contributed by atoms with Crippen LogP contribution in [0.5, 0.6) is 0 Å². The first-order chi connectivity index (χ1) is 20.2. The summed E-state index contributed by atoms with van der Waals surface area (Å²) in [4.78, 5) is 2.43. The largest absolute Gasteiger partial charge is 4.00 e. The van der Waals surface area contributed by atoms with Gasteiger partial charge >= 0.3 is 21.7 Å². The smallest absolute Gasteiger partial charge is 0.383 e. The van der Waals surface area contributed by atoms with E-state index in [1.807, 2.05) is 60.7 Å². The Labute approximate surface area is 259 Å². The van der Waals surface area contributed by atoms with Gasteiger partial charge in [0, 0.05) is 37.6 Å². The average molecular weight is 646 g/mol. The number of ether oxygens (including phenoxy) is 2. The van der Waals surface area contributed by atoms with E-state index in [2.05, 4.69) is 0 Å². The van der Waals surface area contributed by atoms with Gasteiger partial charge in [0.2, 0.25) is 0 Å². The minimum absolute atomic E-state index is 0. The zero-order valence-corrected chi connectivity index (χ0v) is 24.2. The van der Waals surface area contributed by atoms with Crippen LogP contribution in [0.1, 0.15) is 0 Å². The number of hydrogen-bond acceptors (Lipinski definition) is 4. The van der Waals surface area contributed by atoms with Crippen molar-refractivity contribution in [2.24, 2.45) is 0 Å². The molecule has 228 valence electrons. The Morgan fingerprint density at radius 2 is 0.744 bits per heavy atom. The third-order valence-electron chi connectivity index (χ3n) is 5.81. The Bertz CT molecular complexity index is 1150. The van der Waals surface area contributed by atoms with Gasteiger partial charge < -0.3 is 19.3 Å². The molecule has 0 bridgehead atoms. The Kier molecular flexibility index (Phi) is 15.5. The zero-order chi connectivity index (χ0) is 30.5. The van der Waals surface area contributed by atoms with E-state index in [4.69, 9.17) is 9.47 Å². The fraction of sp³-hybridized carbons (Fsp3) is 0.267. The van der Waals surface area contributed by atoms with Crippen molar-refractivity contribution in [1.82, 2.24) is 0 Å². The summed E-state index contributed by atoms with van der Waals surface area (Å²) in [6.07, 6.45) is 0. The molecular formula is C30H26F8N2O2Ti. The number of rotatable bonds is 2. The molecule has 0 aliphatic carbocycles. The van der Waals surface area contributed by atoms with Crippen LogP contribution in [0.2, 0.25) is 0 Å². The Balaban J connectivity index is 0.000000223. The second-order valence-corrected chi connectivity index (χ2v) is 8.58. The first-order valence-corrected chi connectivity index (χ1v) is 12.7. The topological polar surface area (TPSA) is 24.9 Å². The summed E-state index contributed by atoms with van der Waals surface area (Å²) in [6.45, 7) is 1.82. The molecule has 13 heteroatoms. The number of anilines is 2. The minimum Gasteiger partial charge on any atom is -0.383 e. The first kappa shape index (κ1) is 36.0. The number of benzene rings is 2. The van der Waals surface area contributed by atoms with Crippen LogP contribution in [0.4, 0.5) is 46.5 Å². The Morgan fingerprint density at radius 3 is 0.953 bits per heavy atom. The fourth-order valence-electron chi connectivity index (χ4n) is 3.79. The predicted molar refractivity (Wildman–Crippen MR) is 140 cm³/mol. The third kappa shape index (κ3) is 10.5. The molecule has 0 amide bonds. The van der Waals surface area contributed by atoms with Gasteiger partial charge in [-0.3, -0.25) is 17.6 Å². The molecule has 0 unspecified atom stereocenters. The van der Waals surface area contributed by atoms with Gasteiger partial charge in [-0.1, -0.05) is 0 Å². The van der Waals surface area contributed by atoms with E-state index in [-0.39, 0.29) is 74.3 Å². The van der Waals surface area contributed by atoms with Crippen LogP contribution in [0, 0.1) is 58.7 Å². The molecule has 4 aromatic rings. The molecule has 0 atom stereocenters. The standard InChI is InChI=1S/2C10H8F4NO.2C5H5.Ti/c2*11-6-5-7(12)9(14)10(8(6)13)15-1-3-16-4-2-15;2*1-2-4-5-3-1;/h2*1-4H2;2*1-5H;/q4*-1;+4. The van der Waals surface area contributed by atoms with Crippen LogP contribution in [0.3, 0.4) is 0 Å². The molecular weight excluding hydrogens is 620 g/mol. The summed E-state index contributed by atoms with van der Waals surface area (Å²) >= 11 is 0. The number of halogens is 8. The number of morpholine rings is 2. The molecule has 4 nitrogen and oxygen atoms in total. The van der Waals surface area contributed by atoms with Gasteiger partial charge in [-0.05, 0) is 0 Å². The second-order valence-electron chi connectivity index (χ2n) is 8.58. The van der Waals surface area contributed by atoms with Gasteiger partial charge in [0.25, 0.3) is 0 Å². The van der Waals surface area contributed by atoms with E-state index >= 15 is 0 Å². The predicted octanol–water partition coefficient (Wildman–Crippen LogP) is 6.57. The molecule has 4 aromatic carbocycles. The number of nitrogens with zero attached hydrogens (tertiary/aromatic N) is 2. The molecule has 2 aliphatic rings. The molecule has 2 heterocycles. The Hall–Kier alpha value is -3.19. The van der Waals surface area contributed by atoms with Gasteiger partial charge in [0.05, 0.1) is 73.0 Å². The van der Waals surface area contributed by atoms with Crippen molar-refractivity contribution < 1.29 is 66.3 Å². The maximum absolute atomic E-state index is 13.3. The van der Waals surface area contributed by atoms with Crippen molar-refractivity contribution in [3.63, 3.8) is 0 Å². The zero-order valence-electron chi connectivity index (χ0n) is 22.7. The molecule has 6 rings (SSSR count). The van der Waals surface area contributed by atoms with Crippen LogP contribution >= 0.6 is 0 Å². The summed E-state index contributed by atoms with van der Waals surface area (Å²) in [5, 5.41) is 0. The quantitative estimate of drug-likeness (QED) is 0.107. The van der Waals surface area contributed by atoms with Gasteiger partial charge in [-0.15, -0.1) is 12.1 Å². The van der Waals surface area contributed by atoms with Gasteiger partial charge in [0.1, 0.15) is 0 Å². The van der Waals surface area contributed by atoms with Gasteiger partial charge in [0.15, 0.2) is 0 Å². The maximum atomic E-state index is 13.3. The number of hydrogen-bond donors (Lipinski definition) is 0. The molecule has 0 saturated carbocycles. The SMILES string of the molecule is Fc1[c-]c(F)c(F)c(N2CCOCC2)c1F.Fc1[c-]c(F)c(F)c(N2CCOCC2)c1F.[Ti+4].c1cc[cH-]c1.c1cc[cH-]c1. The molecule has 2 fully saturated rings. The first-order valence-electron chi connectivity index (χ1n) is 12.7. The maximum Gasteiger partial charge on any atom is 4.00 e. The second kappa shape index (κ2) is 18.5. The van der Waals surface area contributed by atoms with E-state index in [9.17, 15) is 35.1 Å². The van der Waals surface area contributed by atoms with E-state index in [0.29, 0.717) is 0 Å². The van der Waals surface area contributed by atoms with Crippen LogP contribution in [-0.2, 0) is 31.2 Å². The van der Waals surface area contributed by atoms with E-state index < -0.39 is 57.9 Å². The normalized spacial score (nSPS) is 14.2. The summed E-state index contributed by atoms with van der Waals surface area (Å²) in [5.41, 5.74) is -1.37. The van der Waals surface area contributed by atoms with Crippen molar-refractivity contribution in [2.75, 3.05) is 62.4 Å². The Morgan fingerprint density at radius 1 is 0.488 bits per heavy atom. The van der Waals surface area contributed by atoms with Crippen molar-refractivity contribution in [3.05, 3.63) is 119 Å². The van der Waals surface area contributed by atoms with E-state index in [1.54, 1.807) is 0 Å². The van der Waals surface area contributed by atoms with Crippen LogP contribution in [-0.4, -0.2) is 52.6 Å². The van der Waals surface area contributed by atoms with Crippen LogP contribution in [0.15, 0.2) is 60.7 Å². The van der Waals surface area contributed by atoms with E-state index in [1.165, 1.54) is 21.9 Å². The van der Waals surface area contributed by atoms with Crippen LogP contribution in [0.25, 0.3) is 0 Å². The summed E-state index contributed by atoms with van der Waals surface area (Å²) < 4.78 is 115. The van der Waals surface area contributed by atoms with E-state index in [0.717, 1.165) is 0 Å². The molecule has 0 spiro atoms. The molecule has 0 N–H and O–H groups in total. The fourth-order valence-corrected chi connectivity index (χ4v) is 3.79. The van der Waals surface area contributed by atoms with Crippen molar-refractivity contribution in [2.45, 2.75) is 0 Å². The average Bonchev–Trinajstić information content (AvgIpc) is 3.77. The molecule has 43 heavy (non-hydrogen) atoms.